The van der Waals surface area contributed by atoms with Crippen molar-refractivity contribution in [2.45, 2.75) is 51.0 Å². The first kappa shape index (κ1) is 12.6. The molecule has 0 unspecified atom stereocenters. The van der Waals surface area contributed by atoms with Crippen molar-refractivity contribution in [1.82, 2.24) is 10.6 Å². The minimum Gasteiger partial charge on any atom is -0.348 e. The van der Waals surface area contributed by atoms with Crippen molar-refractivity contribution < 1.29 is 9.59 Å². The quantitative estimate of drug-likeness (QED) is 0.768. The van der Waals surface area contributed by atoms with Gasteiger partial charge in [0.25, 0.3) is 0 Å². The van der Waals surface area contributed by atoms with Crippen LogP contribution in [0.3, 0.4) is 0 Å². The monoisotopic (exact) mass is 238 g/mol. The van der Waals surface area contributed by atoms with Gasteiger partial charge < -0.3 is 10.6 Å². The predicted octanol–water partition coefficient (Wildman–Crippen LogP) is 1.00. The van der Waals surface area contributed by atoms with Crippen LogP contribution in [0.15, 0.2) is 0 Å². The standard InChI is InChI=1S/C13H22N2O2/c16-12(10-5-2-1-3-6-10)9-15-13(17)11-7-4-8-14-11/h10-11,14H,1-9H2,(H,15,17)/t11-/m0/s1. The fourth-order valence-corrected chi connectivity index (χ4v) is 2.77. The van der Waals surface area contributed by atoms with Crippen LogP contribution in [-0.2, 0) is 9.59 Å². The van der Waals surface area contributed by atoms with E-state index in [2.05, 4.69) is 10.6 Å². The Hall–Kier alpha value is -0.900. The highest BCUT2D eigenvalue weighted by molar-refractivity contribution is 5.89. The van der Waals surface area contributed by atoms with Gasteiger partial charge in [-0.25, -0.2) is 0 Å². The summed E-state index contributed by atoms with van der Waals surface area (Å²) in [5, 5.41) is 5.91. The molecule has 0 aromatic heterocycles. The van der Waals surface area contributed by atoms with Crippen LogP contribution < -0.4 is 10.6 Å². The van der Waals surface area contributed by atoms with Crippen LogP contribution in [0.2, 0.25) is 0 Å². The molecule has 17 heavy (non-hydrogen) atoms. The Labute approximate surface area is 103 Å². The fourth-order valence-electron chi connectivity index (χ4n) is 2.77. The summed E-state index contributed by atoms with van der Waals surface area (Å²) in [5.41, 5.74) is 0. The molecule has 2 N–H and O–H groups in total. The van der Waals surface area contributed by atoms with E-state index < -0.39 is 0 Å². The van der Waals surface area contributed by atoms with Gasteiger partial charge in [-0.3, -0.25) is 9.59 Å². The zero-order chi connectivity index (χ0) is 12.1. The van der Waals surface area contributed by atoms with Gasteiger partial charge in [-0.05, 0) is 32.2 Å². The maximum atomic E-state index is 11.9. The van der Waals surface area contributed by atoms with Gasteiger partial charge in [-0.15, -0.1) is 0 Å². The van der Waals surface area contributed by atoms with Crippen LogP contribution in [0.5, 0.6) is 0 Å². The van der Waals surface area contributed by atoms with Crippen LogP contribution in [-0.4, -0.2) is 30.8 Å². The molecule has 4 nitrogen and oxygen atoms in total. The normalized spacial score (nSPS) is 25.8. The van der Waals surface area contributed by atoms with Crippen LogP contribution >= 0.6 is 0 Å². The molecule has 1 aliphatic carbocycles. The summed E-state index contributed by atoms with van der Waals surface area (Å²) in [5.74, 6) is 0.406. The van der Waals surface area contributed by atoms with Crippen LogP contribution in [0.4, 0.5) is 0 Å². The highest BCUT2D eigenvalue weighted by Gasteiger charge is 2.24. The Kier molecular flexibility index (Phi) is 4.54. The smallest absolute Gasteiger partial charge is 0.237 e. The van der Waals surface area contributed by atoms with Gasteiger partial charge in [-0.2, -0.15) is 0 Å². The van der Waals surface area contributed by atoms with E-state index >= 15 is 0 Å². The number of hydrogen-bond donors (Lipinski definition) is 2. The summed E-state index contributed by atoms with van der Waals surface area (Å²) in [7, 11) is 0. The SMILES string of the molecule is O=C(CNC(=O)[C@@H]1CCCN1)C1CCCCC1. The molecule has 2 fully saturated rings. The largest absolute Gasteiger partial charge is 0.348 e. The van der Waals surface area contributed by atoms with Gasteiger partial charge in [0.05, 0.1) is 12.6 Å². The lowest BCUT2D eigenvalue weighted by Crippen LogP contribution is -2.43. The fraction of sp³-hybridized carbons (Fsp3) is 0.846. The number of carbonyl (C=O) groups excluding carboxylic acids is 2. The maximum absolute atomic E-state index is 11.9. The van der Waals surface area contributed by atoms with E-state index in [1.54, 1.807) is 0 Å². The van der Waals surface area contributed by atoms with Crippen molar-refractivity contribution in [2.24, 2.45) is 5.92 Å². The van der Waals surface area contributed by atoms with Crippen molar-refractivity contribution in [3.8, 4) is 0 Å². The van der Waals surface area contributed by atoms with E-state index in [-0.39, 0.29) is 30.2 Å². The van der Waals surface area contributed by atoms with Gasteiger partial charge in [0.2, 0.25) is 5.91 Å². The lowest BCUT2D eigenvalue weighted by molar-refractivity contribution is -0.128. The summed E-state index contributed by atoms with van der Waals surface area (Å²) in [6.07, 6.45) is 7.54. The van der Waals surface area contributed by atoms with Crippen molar-refractivity contribution in [3.63, 3.8) is 0 Å². The van der Waals surface area contributed by atoms with Crippen molar-refractivity contribution in [1.29, 1.82) is 0 Å². The van der Waals surface area contributed by atoms with E-state index in [0.717, 1.165) is 45.1 Å². The van der Waals surface area contributed by atoms with E-state index in [0.29, 0.717) is 0 Å². The van der Waals surface area contributed by atoms with Crippen LogP contribution in [0.25, 0.3) is 0 Å². The van der Waals surface area contributed by atoms with E-state index in [1.807, 2.05) is 0 Å². The molecular formula is C13H22N2O2. The number of nitrogens with one attached hydrogen (secondary N) is 2. The second-order valence-corrected chi connectivity index (χ2v) is 5.17. The van der Waals surface area contributed by atoms with Crippen LogP contribution in [0, 0.1) is 5.92 Å². The number of Topliss-reactive ketones (excluding diaryl/α,β-unsaturated/α-hetero) is 1. The molecule has 1 atom stereocenters. The molecule has 0 bridgehead atoms. The van der Waals surface area contributed by atoms with Crippen LogP contribution in [0.1, 0.15) is 44.9 Å². The van der Waals surface area contributed by atoms with Gasteiger partial charge in [-0.1, -0.05) is 19.3 Å². The minimum absolute atomic E-state index is 0.00772. The third-order valence-corrected chi connectivity index (χ3v) is 3.87. The number of ketones is 1. The molecule has 2 aliphatic rings. The Morgan fingerprint density at radius 3 is 2.47 bits per heavy atom. The van der Waals surface area contributed by atoms with Gasteiger partial charge in [0.15, 0.2) is 5.78 Å². The second kappa shape index (κ2) is 6.15. The summed E-state index contributed by atoms with van der Waals surface area (Å²) < 4.78 is 0. The molecule has 1 saturated heterocycles. The lowest BCUT2D eigenvalue weighted by atomic mass is 9.86. The Balaban J connectivity index is 1.69. The molecule has 1 aliphatic heterocycles. The van der Waals surface area contributed by atoms with Gasteiger partial charge in [0.1, 0.15) is 0 Å². The third kappa shape index (κ3) is 3.53. The first-order chi connectivity index (χ1) is 8.27. The molecule has 0 spiro atoms. The summed E-state index contributed by atoms with van der Waals surface area (Å²) in [6.45, 7) is 1.14. The molecule has 0 aromatic carbocycles. The van der Waals surface area contributed by atoms with Crippen molar-refractivity contribution in [3.05, 3.63) is 0 Å². The third-order valence-electron chi connectivity index (χ3n) is 3.87. The van der Waals surface area contributed by atoms with E-state index in [9.17, 15) is 9.59 Å². The zero-order valence-electron chi connectivity index (χ0n) is 10.3. The van der Waals surface area contributed by atoms with Gasteiger partial charge in [0, 0.05) is 5.92 Å². The molecule has 96 valence electrons. The van der Waals surface area contributed by atoms with E-state index in [4.69, 9.17) is 0 Å². The molecule has 1 amide bonds. The molecule has 2 rings (SSSR count). The van der Waals surface area contributed by atoms with Crippen molar-refractivity contribution >= 4 is 11.7 Å². The summed E-state index contributed by atoms with van der Waals surface area (Å²) in [6, 6.07) is -0.0749. The Morgan fingerprint density at radius 1 is 1.06 bits per heavy atom. The number of amides is 1. The molecular weight excluding hydrogens is 216 g/mol. The molecule has 0 aromatic rings. The lowest BCUT2D eigenvalue weighted by Gasteiger charge is -2.20. The first-order valence-corrected chi connectivity index (χ1v) is 6.81. The Bertz CT molecular complexity index is 279. The first-order valence-electron chi connectivity index (χ1n) is 6.81. The molecule has 0 radical (unpaired) electrons. The molecule has 1 saturated carbocycles. The minimum atomic E-state index is -0.0749. The van der Waals surface area contributed by atoms with Gasteiger partial charge >= 0.3 is 0 Å². The molecule has 1 heterocycles. The van der Waals surface area contributed by atoms with Crippen molar-refractivity contribution in [2.75, 3.05) is 13.1 Å². The highest BCUT2D eigenvalue weighted by Crippen LogP contribution is 2.24. The maximum Gasteiger partial charge on any atom is 0.237 e. The number of carbonyl (C=O) groups is 2. The van der Waals surface area contributed by atoms with E-state index in [1.165, 1.54) is 6.42 Å². The number of rotatable bonds is 4. The molecule has 4 heteroatoms. The average Bonchev–Trinajstić information content (AvgIpc) is 2.90. The predicted molar refractivity (Wildman–Crippen MR) is 65.6 cm³/mol. The topological polar surface area (TPSA) is 58.2 Å². The second-order valence-electron chi connectivity index (χ2n) is 5.17. The summed E-state index contributed by atoms with van der Waals surface area (Å²) >= 11 is 0. The zero-order valence-corrected chi connectivity index (χ0v) is 10.3. The number of hydrogen-bond acceptors (Lipinski definition) is 3. The Morgan fingerprint density at radius 2 is 1.82 bits per heavy atom. The summed E-state index contributed by atoms with van der Waals surface area (Å²) in [4.78, 5) is 23.6. The average molecular weight is 238 g/mol. The highest BCUT2D eigenvalue weighted by atomic mass is 16.2.